The molecule has 1 atom stereocenters. The Morgan fingerprint density at radius 1 is 1.75 bits per heavy atom. The molecule has 0 aliphatic heterocycles. The van der Waals surface area contributed by atoms with Gasteiger partial charge in [0.1, 0.15) is 0 Å². The van der Waals surface area contributed by atoms with Gasteiger partial charge in [-0.3, -0.25) is 9.59 Å². The van der Waals surface area contributed by atoms with Crippen molar-refractivity contribution in [2.24, 2.45) is 11.5 Å². The van der Waals surface area contributed by atoms with Crippen LogP contribution in [0.2, 0.25) is 0 Å². The number of rotatable bonds is 3. The summed E-state index contributed by atoms with van der Waals surface area (Å²) in [6.07, 6.45) is 1.36. The smallest absolute Gasteiger partial charge is 0.234 e. The monoisotopic (exact) mass is 115 g/mol. The molecule has 0 heterocycles. The van der Waals surface area contributed by atoms with Crippen molar-refractivity contribution in [3.63, 3.8) is 0 Å². The lowest BCUT2D eigenvalue weighted by molar-refractivity contribution is -0.119. The molecule has 45 valence electrons. The van der Waals surface area contributed by atoms with Crippen molar-refractivity contribution in [1.82, 2.24) is 0 Å². The summed E-state index contributed by atoms with van der Waals surface area (Å²) in [6, 6.07) is -0.868. The van der Waals surface area contributed by atoms with E-state index >= 15 is 0 Å². The molecular weight excluding hydrogens is 108 g/mol. The predicted molar refractivity (Wildman–Crippen MR) is 27.5 cm³/mol. The third-order valence-electron chi connectivity index (χ3n) is 0.669. The van der Waals surface area contributed by atoms with Crippen LogP contribution in [0.25, 0.3) is 0 Å². The summed E-state index contributed by atoms with van der Waals surface area (Å²) >= 11 is 0. The van der Waals surface area contributed by atoms with Crippen LogP contribution in [0.1, 0.15) is 6.42 Å². The molecule has 4 heteroatoms. The highest BCUT2D eigenvalue weighted by atomic mass is 16.1. The first-order valence-corrected chi connectivity index (χ1v) is 2.08. The number of carbonyl (C=O) groups excluding carboxylic acids is 2. The summed E-state index contributed by atoms with van der Waals surface area (Å²) in [5.74, 6) is -0.673. The molecule has 1 radical (unpaired) electrons. The van der Waals surface area contributed by atoms with Gasteiger partial charge < -0.3 is 11.5 Å². The first-order valence-electron chi connectivity index (χ1n) is 2.08. The second-order valence-electron chi connectivity index (χ2n) is 1.36. The van der Waals surface area contributed by atoms with Crippen molar-refractivity contribution in [1.29, 1.82) is 0 Å². The van der Waals surface area contributed by atoms with E-state index in [-0.39, 0.29) is 6.42 Å². The molecule has 0 aliphatic rings. The maximum atomic E-state index is 10.0. The average molecular weight is 115 g/mol. The van der Waals surface area contributed by atoms with E-state index in [0.29, 0.717) is 0 Å². The standard InChI is InChI=1S/C4H7N2O2/c5-3(1-2-7)4(6)8/h3H,1,5H2,(H2,6,8). The fourth-order valence-corrected chi connectivity index (χ4v) is 0.190. The second-order valence-corrected chi connectivity index (χ2v) is 1.36. The highest BCUT2D eigenvalue weighted by molar-refractivity contribution is 5.82. The van der Waals surface area contributed by atoms with Gasteiger partial charge in [-0.15, -0.1) is 0 Å². The largest absolute Gasteiger partial charge is 0.368 e. The van der Waals surface area contributed by atoms with Crippen molar-refractivity contribution in [2.75, 3.05) is 0 Å². The highest BCUT2D eigenvalue weighted by Gasteiger charge is 2.06. The molecule has 4 nitrogen and oxygen atoms in total. The van der Waals surface area contributed by atoms with Crippen molar-refractivity contribution >= 4 is 12.2 Å². The van der Waals surface area contributed by atoms with Gasteiger partial charge in [-0.05, 0) is 0 Å². The molecule has 0 bridgehead atoms. The average Bonchev–Trinajstić information content (AvgIpc) is 1.67. The first-order chi connectivity index (χ1) is 3.68. The van der Waals surface area contributed by atoms with E-state index in [1.807, 2.05) is 0 Å². The summed E-state index contributed by atoms with van der Waals surface area (Å²) in [7, 11) is 0. The van der Waals surface area contributed by atoms with Crippen molar-refractivity contribution in [3.8, 4) is 0 Å². The summed E-state index contributed by atoms with van der Waals surface area (Å²) in [4.78, 5) is 19.5. The number of hydrogen-bond acceptors (Lipinski definition) is 3. The zero-order valence-electron chi connectivity index (χ0n) is 4.26. The summed E-state index contributed by atoms with van der Waals surface area (Å²) < 4.78 is 0. The van der Waals surface area contributed by atoms with Gasteiger partial charge in [0.05, 0.1) is 6.04 Å². The Morgan fingerprint density at radius 2 is 2.25 bits per heavy atom. The van der Waals surface area contributed by atoms with Crippen LogP contribution in [0.3, 0.4) is 0 Å². The molecule has 0 spiro atoms. The van der Waals surface area contributed by atoms with E-state index in [2.05, 4.69) is 5.73 Å². The Kier molecular flexibility index (Phi) is 2.79. The molecule has 1 amide bonds. The van der Waals surface area contributed by atoms with Gasteiger partial charge in [0, 0.05) is 6.42 Å². The minimum atomic E-state index is -0.868. The Balaban J connectivity index is 3.46. The van der Waals surface area contributed by atoms with Crippen LogP contribution in [0.15, 0.2) is 0 Å². The summed E-state index contributed by atoms with van der Waals surface area (Å²) in [5.41, 5.74) is 9.67. The Bertz CT molecular complexity index is 102. The molecule has 4 N–H and O–H groups in total. The Labute approximate surface area is 46.8 Å². The molecule has 0 fully saturated rings. The molecule has 8 heavy (non-hydrogen) atoms. The molecule has 0 aromatic carbocycles. The van der Waals surface area contributed by atoms with Crippen LogP contribution < -0.4 is 11.5 Å². The normalized spacial score (nSPS) is 12.6. The van der Waals surface area contributed by atoms with Gasteiger partial charge in [0.15, 0.2) is 0 Å². The zero-order chi connectivity index (χ0) is 6.57. The fraction of sp³-hybridized carbons (Fsp3) is 0.500. The summed E-state index contributed by atoms with van der Waals surface area (Å²) in [5, 5.41) is 0. The van der Waals surface area contributed by atoms with Gasteiger partial charge in [-0.25, -0.2) is 0 Å². The molecule has 1 unspecified atom stereocenters. The lowest BCUT2D eigenvalue weighted by Crippen LogP contribution is -2.36. The van der Waals surface area contributed by atoms with Gasteiger partial charge in [-0.1, -0.05) is 0 Å². The van der Waals surface area contributed by atoms with Gasteiger partial charge >= 0.3 is 0 Å². The number of amides is 1. The number of nitrogens with two attached hydrogens (primary N) is 2. The highest BCUT2D eigenvalue weighted by Crippen LogP contribution is 1.78. The summed E-state index contributed by atoms with van der Waals surface area (Å²) in [6.45, 7) is 0. The van der Waals surface area contributed by atoms with Gasteiger partial charge in [0.2, 0.25) is 12.2 Å². The van der Waals surface area contributed by atoms with Crippen molar-refractivity contribution in [2.45, 2.75) is 12.5 Å². The van der Waals surface area contributed by atoms with Crippen LogP contribution in [0, 0.1) is 0 Å². The van der Waals surface area contributed by atoms with E-state index in [4.69, 9.17) is 5.73 Å². The second kappa shape index (κ2) is 3.15. The third-order valence-corrected chi connectivity index (χ3v) is 0.669. The minimum absolute atomic E-state index is 0.116. The maximum Gasteiger partial charge on any atom is 0.234 e. The first kappa shape index (κ1) is 7.10. The van der Waals surface area contributed by atoms with E-state index in [9.17, 15) is 9.59 Å². The van der Waals surface area contributed by atoms with E-state index in [0.717, 1.165) is 0 Å². The lowest BCUT2D eigenvalue weighted by Gasteiger charge is -1.97. The van der Waals surface area contributed by atoms with Crippen LogP contribution in [-0.4, -0.2) is 18.2 Å². The maximum absolute atomic E-state index is 10.0. The van der Waals surface area contributed by atoms with E-state index < -0.39 is 11.9 Å². The molecule has 0 aromatic rings. The van der Waals surface area contributed by atoms with Crippen LogP contribution in [0.5, 0.6) is 0 Å². The minimum Gasteiger partial charge on any atom is -0.368 e. The van der Waals surface area contributed by atoms with E-state index in [1.54, 1.807) is 0 Å². The Morgan fingerprint density at radius 3 is 2.38 bits per heavy atom. The van der Waals surface area contributed by atoms with E-state index in [1.165, 1.54) is 6.29 Å². The molecule has 0 aliphatic carbocycles. The van der Waals surface area contributed by atoms with Crippen LogP contribution in [0.4, 0.5) is 0 Å². The molecule has 0 saturated carbocycles. The van der Waals surface area contributed by atoms with Gasteiger partial charge in [0.25, 0.3) is 0 Å². The Hall–Kier alpha value is -0.900. The molecule has 0 rings (SSSR count). The fourth-order valence-electron chi connectivity index (χ4n) is 0.190. The van der Waals surface area contributed by atoms with Crippen LogP contribution in [-0.2, 0) is 9.59 Å². The molecule has 0 aromatic heterocycles. The SMILES string of the molecule is NC(=O)C(N)C[C]=O. The molecule has 0 saturated heterocycles. The van der Waals surface area contributed by atoms with Crippen molar-refractivity contribution < 1.29 is 9.59 Å². The van der Waals surface area contributed by atoms with Crippen molar-refractivity contribution in [3.05, 3.63) is 0 Å². The van der Waals surface area contributed by atoms with Crippen LogP contribution >= 0.6 is 0 Å². The predicted octanol–water partition coefficient (Wildman–Crippen LogP) is -1.70. The number of carbonyl (C=O) groups is 1. The van der Waals surface area contributed by atoms with Gasteiger partial charge in [-0.2, -0.15) is 0 Å². The lowest BCUT2D eigenvalue weighted by atomic mass is 10.2. The topological polar surface area (TPSA) is 86.2 Å². The number of primary amides is 1. The third kappa shape index (κ3) is 2.30. The molecular formula is C4H7N2O2. The zero-order valence-corrected chi connectivity index (χ0v) is 4.26. The quantitative estimate of drug-likeness (QED) is 0.459. The number of hydrogen-bond donors (Lipinski definition) is 2.